The fraction of sp³-hybridized carbons (Fsp3) is 0.500. The maximum Gasteiger partial charge on any atom is 0.280 e. The van der Waals surface area contributed by atoms with E-state index in [1.165, 1.54) is 19.4 Å². The molecule has 0 saturated carbocycles. The van der Waals surface area contributed by atoms with Crippen molar-refractivity contribution in [3.05, 3.63) is 23.5 Å². The highest BCUT2D eigenvalue weighted by molar-refractivity contribution is 5.31. The molecule has 0 spiro atoms. The van der Waals surface area contributed by atoms with Crippen LogP contribution < -0.4 is 4.74 Å². The number of aromatic nitrogens is 1. The Morgan fingerprint density at radius 3 is 2.29 bits per heavy atom. The van der Waals surface area contributed by atoms with E-state index in [1.54, 1.807) is 6.92 Å². The Kier molecular flexibility index (Phi) is 5.76. The Labute approximate surface area is 82.9 Å². The molecule has 0 bridgehead atoms. The number of ether oxygens (including phenoxy) is 1. The monoisotopic (exact) mass is 203 g/mol. The van der Waals surface area contributed by atoms with Crippen molar-refractivity contribution >= 4 is 0 Å². The molecule has 0 atom stereocenters. The van der Waals surface area contributed by atoms with Gasteiger partial charge >= 0.3 is 0 Å². The molecule has 1 aromatic rings. The first-order valence-electron chi connectivity index (χ1n) is 4.44. The summed E-state index contributed by atoms with van der Waals surface area (Å²) in [6.07, 6.45) is -1.22. The molecule has 0 fully saturated rings. The van der Waals surface area contributed by atoms with E-state index in [9.17, 15) is 8.78 Å². The predicted octanol–water partition coefficient (Wildman–Crippen LogP) is 3.36. The van der Waals surface area contributed by atoms with Gasteiger partial charge in [0.15, 0.2) is 0 Å². The topological polar surface area (TPSA) is 22.1 Å². The minimum Gasteiger partial charge on any atom is -0.495 e. The number of rotatable bonds is 2. The maximum atomic E-state index is 12.1. The number of pyridine rings is 1. The number of hydrogen-bond donors (Lipinski definition) is 0. The van der Waals surface area contributed by atoms with E-state index in [2.05, 4.69) is 4.98 Å². The molecule has 2 nitrogen and oxygen atoms in total. The first-order valence-corrected chi connectivity index (χ1v) is 4.44. The molecule has 0 aromatic carbocycles. The van der Waals surface area contributed by atoms with Crippen molar-refractivity contribution in [3.63, 3.8) is 0 Å². The smallest absolute Gasteiger partial charge is 0.280 e. The van der Waals surface area contributed by atoms with Gasteiger partial charge in [-0.3, -0.25) is 4.98 Å². The Balaban J connectivity index is 0.000000791. The third kappa shape index (κ3) is 3.28. The molecule has 0 aliphatic carbocycles. The molecule has 0 amide bonds. The first-order chi connectivity index (χ1) is 6.65. The van der Waals surface area contributed by atoms with Crippen molar-refractivity contribution in [2.24, 2.45) is 0 Å². The summed E-state index contributed by atoms with van der Waals surface area (Å²) >= 11 is 0. The van der Waals surface area contributed by atoms with Crippen molar-refractivity contribution in [2.45, 2.75) is 27.2 Å². The van der Waals surface area contributed by atoms with Gasteiger partial charge in [0.25, 0.3) is 6.43 Å². The lowest BCUT2D eigenvalue weighted by Crippen LogP contribution is -1.94. The molecule has 0 N–H and O–H groups in total. The lowest BCUT2D eigenvalue weighted by Gasteiger charge is -2.05. The number of methoxy groups -OCH3 is 1. The lowest BCUT2D eigenvalue weighted by atomic mass is 10.2. The molecule has 0 aliphatic rings. The van der Waals surface area contributed by atoms with E-state index < -0.39 is 6.43 Å². The fourth-order valence-corrected chi connectivity index (χ4v) is 0.898. The van der Waals surface area contributed by atoms with Crippen LogP contribution in [-0.2, 0) is 0 Å². The molecule has 0 saturated heterocycles. The average molecular weight is 203 g/mol. The summed E-state index contributed by atoms with van der Waals surface area (Å²) in [4.78, 5) is 3.53. The summed E-state index contributed by atoms with van der Waals surface area (Å²) in [5.41, 5.74) is 0.455. The number of aryl methyl sites for hydroxylation is 1. The van der Waals surface area contributed by atoms with Crippen LogP contribution in [0.3, 0.4) is 0 Å². The van der Waals surface area contributed by atoms with Crippen LogP contribution in [0.25, 0.3) is 0 Å². The molecule has 0 unspecified atom stereocenters. The van der Waals surface area contributed by atoms with Gasteiger partial charge in [0.05, 0.1) is 13.3 Å². The molecule has 1 rings (SSSR count). The summed E-state index contributed by atoms with van der Waals surface area (Å²) in [6.45, 7) is 5.70. The summed E-state index contributed by atoms with van der Waals surface area (Å²) in [6, 6.07) is 1.32. The third-order valence-electron chi connectivity index (χ3n) is 1.53. The number of hydrogen-bond acceptors (Lipinski definition) is 2. The highest BCUT2D eigenvalue weighted by Crippen LogP contribution is 2.22. The Hall–Kier alpha value is -1.19. The quantitative estimate of drug-likeness (QED) is 0.735. The van der Waals surface area contributed by atoms with E-state index >= 15 is 0 Å². The van der Waals surface area contributed by atoms with Crippen molar-refractivity contribution in [2.75, 3.05) is 7.11 Å². The van der Waals surface area contributed by atoms with Crippen molar-refractivity contribution in [1.29, 1.82) is 0 Å². The molecule has 1 heterocycles. The van der Waals surface area contributed by atoms with Crippen LogP contribution in [0.15, 0.2) is 12.3 Å². The van der Waals surface area contributed by atoms with Crippen LogP contribution >= 0.6 is 0 Å². The molecular formula is C10H15F2NO. The van der Waals surface area contributed by atoms with Crippen LogP contribution in [-0.4, -0.2) is 12.1 Å². The zero-order valence-corrected chi connectivity index (χ0v) is 8.84. The zero-order chi connectivity index (χ0) is 11.1. The van der Waals surface area contributed by atoms with Crippen molar-refractivity contribution in [3.8, 4) is 5.75 Å². The van der Waals surface area contributed by atoms with E-state index in [-0.39, 0.29) is 5.69 Å². The predicted molar refractivity (Wildman–Crippen MR) is 51.8 cm³/mol. The van der Waals surface area contributed by atoms with Gasteiger partial charge < -0.3 is 4.74 Å². The van der Waals surface area contributed by atoms with E-state index in [0.29, 0.717) is 11.3 Å². The largest absolute Gasteiger partial charge is 0.495 e. The summed E-state index contributed by atoms with van der Waals surface area (Å²) < 4.78 is 29.0. The second-order valence-electron chi connectivity index (χ2n) is 2.38. The normalized spacial score (nSPS) is 9.36. The van der Waals surface area contributed by atoms with E-state index in [0.717, 1.165) is 0 Å². The van der Waals surface area contributed by atoms with Crippen molar-refractivity contribution < 1.29 is 13.5 Å². The van der Waals surface area contributed by atoms with Gasteiger partial charge in [0.2, 0.25) is 0 Å². The molecule has 80 valence electrons. The molecular weight excluding hydrogens is 188 g/mol. The lowest BCUT2D eigenvalue weighted by molar-refractivity contribution is 0.146. The highest BCUT2D eigenvalue weighted by Gasteiger charge is 2.09. The van der Waals surface area contributed by atoms with Gasteiger partial charge in [-0.2, -0.15) is 0 Å². The average Bonchev–Trinajstić information content (AvgIpc) is 2.20. The second-order valence-corrected chi connectivity index (χ2v) is 2.38. The van der Waals surface area contributed by atoms with Crippen LogP contribution in [0.4, 0.5) is 8.78 Å². The third-order valence-corrected chi connectivity index (χ3v) is 1.53. The van der Waals surface area contributed by atoms with Gasteiger partial charge in [-0.15, -0.1) is 0 Å². The van der Waals surface area contributed by atoms with Crippen LogP contribution in [0.1, 0.15) is 31.5 Å². The number of alkyl halides is 2. The SMILES string of the molecule is CC.COc1cnc(C(F)F)cc1C. The van der Waals surface area contributed by atoms with E-state index in [1.807, 2.05) is 13.8 Å². The summed E-state index contributed by atoms with van der Waals surface area (Å²) in [7, 11) is 1.48. The maximum absolute atomic E-state index is 12.1. The zero-order valence-electron chi connectivity index (χ0n) is 8.84. The molecule has 14 heavy (non-hydrogen) atoms. The van der Waals surface area contributed by atoms with Crippen molar-refractivity contribution in [1.82, 2.24) is 4.98 Å². The first kappa shape index (κ1) is 12.8. The molecule has 0 radical (unpaired) electrons. The number of halogens is 2. The van der Waals surface area contributed by atoms with Crippen LogP contribution in [0.2, 0.25) is 0 Å². The Morgan fingerprint density at radius 2 is 1.93 bits per heavy atom. The van der Waals surface area contributed by atoms with Crippen LogP contribution in [0.5, 0.6) is 5.75 Å². The highest BCUT2D eigenvalue weighted by atomic mass is 19.3. The Bertz CT molecular complexity index is 277. The fourth-order valence-electron chi connectivity index (χ4n) is 0.898. The molecule has 4 heteroatoms. The summed E-state index contributed by atoms with van der Waals surface area (Å²) in [5.74, 6) is 0.527. The molecule has 0 aliphatic heterocycles. The minimum atomic E-state index is -2.52. The van der Waals surface area contributed by atoms with Gasteiger partial charge in [0, 0.05) is 0 Å². The van der Waals surface area contributed by atoms with Gasteiger partial charge in [-0.1, -0.05) is 13.8 Å². The molecule has 1 aromatic heterocycles. The van der Waals surface area contributed by atoms with Gasteiger partial charge in [-0.05, 0) is 18.6 Å². The minimum absolute atomic E-state index is 0.215. The van der Waals surface area contributed by atoms with E-state index in [4.69, 9.17) is 4.74 Å². The standard InChI is InChI=1S/C8H9F2NO.C2H6/c1-5-3-6(8(9)10)11-4-7(5)12-2;1-2/h3-4,8H,1-2H3;1-2H3. The van der Waals surface area contributed by atoms with Gasteiger partial charge in [0.1, 0.15) is 11.4 Å². The van der Waals surface area contributed by atoms with Gasteiger partial charge in [-0.25, -0.2) is 8.78 Å². The second kappa shape index (κ2) is 6.29. The Morgan fingerprint density at radius 1 is 1.36 bits per heavy atom. The summed E-state index contributed by atoms with van der Waals surface area (Å²) in [5, 5.41) is 0. The number of nitrogens with zero attached hydrogens (tertiary/aromatic N) is 1. The van der Waals surface area contributed by atoms with Crippen LogP contribution in [0, 0.1) is 6.92 Å².